The van der Waals surface area contributed by atoms with Gasteiger partial charge in [-0.15, -0.1) is 0 Å². The number of halogens is 1. The molecular formula is C17H19IN2O3. The Hall–Kier alpha value is -1.80. The Kier molecular flexibility index (Phi) is 6.23. The lowest BCUT2D eigenvalue weighted by atomic mass is 10.1. The van der Waals surface area contributed by atoms with Gasteiger partial charge in [0.05, 0.1) is 6.10 Å². The van der Waals surface area contributed by atoms with Gasteiger partial charge in [-0.2, -0.15) is 0 Å². The van der Waals surface area contributed by atoms with E-state index >= 15 is 0 Å². The molecule has 0 aliphatic carbocycles. The van der Waals surface area contributed by atoms with Gasteiger partial charge in [0.15, 0.2) is 0 Å². The molecule has 0 fully saturated rings. The first-order chi connectivity index (χ1) is 11.0. The average Bonchev–Trinajstić information content (AvgIpc) is 2.54. The number of hydrogen-bond donors (Lipinski definition) is 2. The minimum atomic E-state index is -0.702. The molecule has 0 spiro atoms. The summed E-state index contributed by atoms with van der Waals surface area (Å²) in [6.07, 6.45) is -1.15. The number of aliphatic hydroxyl groups is 1. The van der Waals surface area contributed by atoms with Crippen molar-refractivity contribution in [1.82, 2.24) is 4.90 Å². The van der Waals surface area contributed by atoms with Gasteiger partial charge in [-0.05, 0) is 64.6 Å². The van der Waals surface area contributed by atoms with Gasteiger partial charge in [-0.25, -0.2) is 4.79 Å². The molecule has 2 aromatic rings. The molecule has 1 amide bonds. The Balaban J connectivity index is 1.97. The highest BCUT2D eigenvalue weighted by Crippen LogP contribution is 2.21. The van der Waals surface area contributed by atoms with E-state index in [9.17, 15) is 9.90 Å². The fraction of sp³-hybridized carbons (Fsp3) is 0.235. The second kappa shape index (κ2) is 8.16. The first-order valence-electron chi connectivity index (χ1n) is 7.12. The summed E-state index contributed by atoms with van der Waals surface area (Å²) >= 11 is 2.24. The quantitative estimate of drug-likeness (QED) is 0.719. The van der Waals surface area contributed by atoms with Crippen LogP contribution in [0.15, 0.2) is 48.5 Å². The monoisotopic (exact) mass is 426 g/mol. The van der Waals surface area contributed by atoms with Crippen molar-refractivity contribution in [3.63, 3.8) is 0 Å². The first kappa shape index (κ1) is 17.6. The summed E-state index contributed by atoms with van der Waals surface area (Å²) in [6, 6.07) is 14.8. The summed E-state index contributed by atoms with van der Waals surface area (Å²) in [6.45, 7) is 0.367. The molecule has 122 valence electrons. The maximum Gasteiger partial charge on any atom is 0.414 e. The van der Waals surface area contributed by atoms with Crippen LogP contribution < -0.4 is 10.1 Å². The minimum Gasteiger partial charge on any atom is -0.410 e. The number of nitrogens with one attached hydrogen (secondary N) is 1. The zero-order valence-corrected chi connectivity index (χ0v) is 15.1. The number of amides is 1. The smallest absolute Gasteiger partial charge is 0.410 e. The van der Waals surface area contributed by atoms with Crippen molar-refractivity contribution in [3.05, 3.63) is 57.7 Å². The molecule has 0 aliphatic rings. The van der Waals surface area contributed by atoms with Crippen molar-refractivity contribution >= 4 is 34.4 Å². The van der Waals surface area contributed by atoms with E-state index in [0.29, 0.717) is 17.9 Å². The largest absolute Gasteiger partial charge is 0.414 e. The summed E-state index contributed by atoms with van der Waals surface area (Å²) in [4.78, 5) is 12.9. The van der Waals surface area contributed by atoms with Gasteiger partial charge in [-0.3, -0.25) is 0 Å². The maximum atomic E-state index is 11.6. The molecule has 6 heteroatoms. The van der Waals surface area contributed by atoms with Gasteiger partial charge in [0.25, 0.3) is 0 Å². The van der Waals surface area contributed by atoms with E-state index in [0.717, 1.165) is 9.26 Å². The third-order valence-corrected chi connectivity index (χ3v) is 3.88. The van der Waals surface area contributed by atoms with E-state index in [-0.39, 0.29) is 0 Å². The number of carbonyl (C=O) groups excluding carboxylic acids is 1. The number of rotatable bonds is 5. The van der Waals surface area contributed by atoms with E-state index < -0.39 is 12.2 Å². The van der Waals surface area contributed by atoms with Crippen LogP contribution in [0.3, 0.4) is 0 Å². The van der Waals surface area contributed by atoms with Crippen LogP contribution in [0, 0.1) is 3.57 Å². The summed E-state index contributed by atoms with van der Waals surface area (Å²) in [7, 11) is 3.23. The molecule has 2 N–H and O–H groups in total. The Morgan fingerprint density at radius 3 is 2.61 bits per heavy atom. The summed E-state index contributed by atoms with van der Waals surface area (Å²) in [5.74, 6) is 0.412. The molecule has 0 saturated carbocycles. The Morgan fingerprint density at radius 1 is 1.26 bits per heavy atom. The van der Waals surface area contributed by atoms with Crippen LogP contribution in [-0.2, 0) is 0 Å². The third-order valence-electron chi connectivity index (χ3n) is 3.16. The number of ether oxygens (including phenoxy) is 1. The SMILES string of the molecule is CN(C)C(=O)Oc1cccc(C(O)CNc2ccc(I)cc2)c1. The van der Waals surface area contributed by atoms with Crippen molar-refractivity contribution in [1.29, 1.82) is 0 Å². The normalized spacial score (nSPS) is 11.7. The van der Waals surface area contributed by atoms with Crippen LogP contribution in [0.2, 0.25) is 0 Å². The molecular weight excluding hydrogens is 407 g/mol. The predicted molar refractivity (Wildman–Crippen MR) is 98.8 cm³/mol. The fourth-order valence-corrected chi connectivity index (χ4v) is 2.24. The van der Waals surface area contributed by atoms with Gasteiger partial charge in [-0.1, -0.05) is 12.1 Å². The maximum absolute atomic E-state index is 11.6. The van der Waals surface area contributed by atoms with Crippen molar-refractivity contribution in [2.24, 2.45) is 0 Å². The summed E-state index contributed by atoms with van der Waals surface area (Å²) in [5, 5.41) is 13.5. The van der Waals surface area contributed by atoms with Gasteiger partial charge in [0.2, 0.25) is 0 Å². The van der Waals surface area contributed by atoms with Gasteiger partial charge in [0.1, 0.15) is 5.75 Å². The van der Waals surface area contributed by atoms with Crippen LogP contribution in [0.4, 0.5) is 10.5 Å². The van der Waals surface area contributed by atoms with Crippen molar-refractivity contribution in [2.45, 2.75) is 6.10 Å². The topological polar surface area (TPSA) is 61.8 Å². The van der Waals surface area contributed by atoms with Gasteiger partial charge < -0.3 is 20.1 Å². The molecule has 2 rings (SSSR count). The predicted octanol–water partition coefficient (Wildman–Crippen LogP) is 3.50. The second-order valence-corrected chi connectivity index (χ2v) is 6.48. The van der Waals surface area contributed by atoms with Crippen LogP contribution >= 0.6 is 22.6 Å². The van der Waals surface area contributed by atoms with Crippen molar-refractivity contribution in [2.75, 3.05) is 26.0 Å². The molecule has 0 radical (unpaired) electrons. The van der Waals surface area contributed by atoms with Crippen LogP contribution in [0.25, 0.3) is 0 Å². The Morgan fingerprint density at radius 2 is 1.96 bits per heavy atom. The highest BCUT2D eigenvalue weighted by molar-refractivity contribution is 14.1. The number of aliphatic hydroxyl groups excluding tert-OH is 1. The van der Waals surface area contributed by atoms with Crippen LogP contribution in [-0.4, -0.2) is 36.7 Å². The van der Waals surface area contributed by atoms with Crippen LogP contribution in [0.5, 0.6) is 5.75 Å². The highest BCUT2D eigenvalue weighted by atomic mass is 127. The lowest BCUT2D eigenvalue weighted by Gasteiger charge is -2.15. The minimum absolute atomic E-state index is 0.367. The van der Waals surface area contributed by atoms with Crippen molar-refractivity contribution in [3.8, 4) is 5.75 Å². The Bertz CT molecular complexity index is 659. The molecule has 0 aliphatic heterocycles. The lowest BCUT2D eigenvalue weighted by molar-refractivity contribution is 0.170. The lowest BCUT2D eigenvalue weighted by Crippen LogP contribution is -2.25. The molecule has 0 heterocycles. The number of anilines is 1. The molecule has 1 atom stereocenters. The zero-order valence-electron chi connectivity index (χ0n) is 13.0. The number of carbonyl (C=O) groups is 1. The molecule has 0 aromatic heterocycles. The fourth-order valence-electron chi connectivity index (χ4n) is 1.88. The molecule has 2 aromatic carbocycles. The van der Waals surface area contributed by atoms with Crippen LogP contribution in [0.1, 0.15) is 11.7 Å². The second-order valence-electron chi connectivity index (χ2n) is 5.24. The van der Waals surface area contributed by atoms with Gasteiger partial charge in [0, 0.05) is 29.9 Å². The average molecular weight is 426 g/mol. The molecule has 0 saturated heterocycles. The summed E-state index contributed by atoms with van der Waals surface area (Å²) in [5.41, 5.74) is 1.63. The van der Waals surface area contributed by atoms with E-state index in [4.69, 9.17) is 4.74 Å². The van der Waals surface area contributed by atoms with Gasteiger partial charge >= 0.3 is 6.09 Å². The number of nitrogens with zero attached hydrogens (tertiary/aromatic N) is 1. The summed E-state index contributed by atoms with van der Waals surface area (Å²) < 4.78 is 6.35. The highest BCUT2D eigenvalue weighted by Gasteiger charge is 2.11. The standard InChI is InChI=1S/C17H19IN2O3/c1-20(2)17(22)23-15-5-3-4-12(10-15)16(21)11-19-14-8-6-13(18)7-9-14/h3-10,16,19,21H,11H2,1-2H3. The number of benzene rings is 2. The van der Waals surface area contributed by atoms with E-state index in [1.807, 2.05) is 24.3 Å². The molecule has 23 heavy (non-hydrogen) atoms. The zero-order chi connectivity index (χ0) is 16.8. The first-order valence-corrected chi connectivity index (χ1v) is 8.20. The van der Waals surface area contributed by atoms with E-state index in [1.165, 1.54) is 4.90 Å². The van der Waals surface area contributed by atoms with Crippen molar-refractivity contribution < 1.29 is 14.6 Å². The van der Waals surface area contributed by atoms with E-state index in [2.05, 4.69) is 27.9 Å². The molecule has 0 bridgehead atoms. The third kappa shape index (κ3) is 5.40. The van der Waals surface area contributed by atoms with E-state index in [1.54, 1.807) is 38.4 Å². The Labute approximate surface area is 149 Å². The molecule has 5 nitrogen and oxygen atoms in total. The number of hydrogen-bond acceptors (Lipinski definition) is 4. The molecule has 1 unspecified atom stereocenters.